The molecule has 0 aliphatic heterocycles. The zero-order chi connectivity index (χ0) is 14.3. The van der Waals surface area contributed by atoms with Gasteiger partial charge in [0.15, 0.2) is 0 Å². The fourth-order valence-electron chi connectivity index (χ4n) is 1.43. The van der Waals surface area contributed by atoms with Crippen molar-refractivity contribution < 1.29 is 19.0 Å². The second kappa shape index (κ2) is 7.38. The van der Waals surface area contributed by atoms with Gasteiger partial charge in [0.1, 0.15) is 5.82 Å². The van der Waals surface area contributed by atoms with E-state index in [0.29, 0.717) is 25.4 Å². The van der Waals surface area contributed by atoms with Gasteiger partial charge >= 0.3 is 5.97 Å². The molecule has 0 unspecified atom stereocenters. The summed E-state index contributed by atoms with van der Waals surface area (Å²) in [5, 5.41) is 11.6. The Morgan fingerprint density at radius 2 is 2.26 bits per heavy atom. The third-order valence-electron chi connectivity index (χ3n) is 2.40. The number of hydrogen-bond donors (Lipinski definition) is 3. The van der Waals surface area contributed by atoms with E-state index in [-0.39, 0.29) is 5.69 Å². The van der Waals surface area contributed by atoms with Crippen molar-refractivity contribution in [3.63, 3.8) is 0 Å². The van der Waals surface area contributed by atoms with Gasteiger partial charge in [0.05, 0.1) is 30.2 Å². The number of hydrogen-bond acceptors (Lipinski definition) is 4. The summed E-state index contributed by atoms with van der Waals surface area (Å²) in [5.74, 6) is -2.17. The number of carboxylic acids is 1. The highest BCUT2D eigenvalue weighted by atomic mass is 19.1. The van der Waals surface area contributed by atoms with Crippen LogP contribution in [-0.4, -0.2) is 30.8 Å². The highest BCUT2D eigenvalue weighted by Gasteiger charge is 2.13. The van der Waals surface area contributed by atoms with Gasteiger partial charge in [0, 0.05) is 6.54 Å². The Hall–Kier alpha value is -2.08. The van der Waals surface area contributed by atoms with Crippen molar-refractivity contribution >= 4 is 17.3 Å². The summed E-state index contributed by atoms with van der Waals surface area (Å²) >= 11 is 0. The number of carboxylic acid groups (broad SMARTS) is 1. The summed E-state index contributed by atoms with van der Waals surface area (Å²) in [7, 11) is 0. The molecule has 0 aliphatic rings. The van der Waals surface area contributed by atoms with Crippen molar-refractivity contribution in [3.05, 3.63) is 36.2 Å². The first kappa shape index (κ1) is 15.0. The highest BCUT2D eigenvalue weighted by Crippen LogP contribution is 2.22. The van der Waals surface area contributed by atoms with Crippen LogP contribution in [0.2, 0.25) is 0 Å². The van der Waals surface area contributed by atoms with Gasteiger partial charge in [-0.2, -0.15) is 0 Å². The minimum atomic E-state index is -1.34. The molecule has 0 atom stereocenters. The Kier molecular flexibility index (Phi) is 5.81. The quantitative estimate of drug-likeness (QED) is 0.382. The predicted molar refractivity (Wildman–Crippen MR) is 71.9 cm³/mol. The van der Waals surface area contributed by atoms with Crippen molar-refractivity contribution in [1.82, 2.24) is 0 Å². The van der Waals surface area contributed by atoms with Crippen molar-refractivity contribution in [2.45, 2.75) is 6.42 Å². The van der Waals surface area contributed by atoms with Gasteiger partial charge in [-0.1, -0.05) is 6.08 Å². The highest BCUT2D eigenvalue weighted by molar-refractivity contribution is 5.90. The molecule has 0 fully saturated rings. The maximum absolute atomic E-state index is 13.4. The van der Waals surface area contributed by atoms with Crippen molar-refractivity contribution in [2.24, 2.45) is 0 Å². The van der Waals surface area contributed by atoms with Crippen LogP contribution in [0.5, 0.6) is 0 Å². The van der Waals surface area contributed by atoms with Crippen LogP contribution in [0.4, 0.5) is 15.8 Å². The van der Waals surface area contributed by atoms with Crippen LogP contribution < -0.4 is 11.1 Å². The number of nitrogen functional groups attached to an aromatic ring is 1. The number of carbonyl (C=O) groups is 1. The number of nitrogens with one attached hydrogen (secondary N) is 1. The number of anilines is 2. The maximum atomic E-state index is 13.4. The number of aromatic carboxylic acids is 1. The lowest BCUT2D eigenvalue weighted by atomic mass is 10.1. The molecule has 0 saturated heterocycles. The van der Waals surface area contributed by atoms with E-state index >= 15 is 0 Å². The molecule has 104 valence electrons. The predicted octanol–water partition coefficient (Wildman–Crippen LogP) is 2.11. The number of nitrogens with two attached hydrogens (primary N) is 1. The monoisotopic (exact) mass is 268 g/mol. The van der Waals surface area contributed by atoms with E-state index in [2.05, 4.69) is 11.9 Å². The Morgan fingerprint density at radius 1 is 1.53 bits per heavy atom. The summed E-state index contributed by atoms with van der Waals surface area (Å²) in [4.78, 5) is 10.7. The van der Waals surface area contributed by atoms with Crippen LogP contribution in [0.3, 0.4) is 0 Å². The molecule has 1 rings (SSSR count). The van der Waals surface area contributed by atoms with Crippen molar-refractivity contribution in [1.29, 1.82) is 0 Å². The molecule has 4 N–H and O–H groups in total. The molecule has 0 aromatic heterocycles. The van der Waals surface area contributed by atoms with Gasteiger partial charge in [-0.25, -0.2) is 9.18 Å². The second-order valence-corrected chi connectivity index (χ2v) is 3.84. The maximum Gasteiger partial charge on any atom is 0.338 e. The largest absolute Gasteiger partial charge is 0.478 e. The number of rotatable bonds is 8. The van der Waals surface area contributed by atoms with Crippen molar-refractivity contribution in [3.8, 4) is 0 Å². The number of benzene rings is 1. The van der Waals surface area contributed by atoms with E-state index in [9.17, 15) is 9.18 Å². The van der Waals surface area contributed by atoms with E-state index < -0.39 is 17.3 Å². The van der Waals surface area contributed by atoms with E-state index in [4.69, 9.17) is 15.6 Å². The lowest BCUT2D eigenvalue weighted by Crippen LogP contribution is -2.12. The molecule has 1 aromatic carbocycles. The molecule has 1 aromatic rings. The molecule has 0 aliphatic carbocycles. The first-order chi connectivity index (χ1) is 9.06. The SMILES string of the molecule is C=CCCOCCNc1cc(F)c(C(=O)O)cc1N. The Bertz CT molecular complexity index is 463. The lowest BCUT2D eigenvalue weighted by Gasteiger charge is -2.11. The fourth-order valence-corrected chi connectivity index (χ4v) is 1.43. The van der Waals surface area contributed by atoms with Gasteiger partial charge < -0.3 is 20.9 Å². The molecule has 0 heterocycles. The average Bonchev–Trinajstić information content (AvgIpc) is 2.36. The zero-order valence-electron chi connectivity index (χ0n) is 10.5. The standard InChI is InChI=1S/C13H17FN2O3/c1-2-3-5-19-6-4-16-12-8-10(14)9(13(17)18)7-11(12)15/h2,7-8,16H,1,3-6,15H2,(H,17,18). The lowest BCUT2D eigenvalue weighted by molar-refractivity contribution is 0.0692. The topological polar surface area (TPSA) is 84.6 Å². The van der Waals surface area contributed by atoms with Gasteiger partial charge in [0.25, 0.3) is 0 Å². The Labute approximate surface area is 110 Å². The molecule has 5 nitrogen and oxygen atoms in total. The molecular weight excluding hydrogens is 251 g/mol. The van der Waals surface area contributed by atoms with Crippen molar-refractivity contribution in [2.75, 3.05) is 30.8 Å². The Morgan fingerprint density at radius 3 is 2.89 bits per heavy atom. The van der Waals surface area contributed by atoms with Gasteiger partial charge in [0.2, 0.25) is 0 Å². The first-order valence-corrected chi connectivity index (χ1v) is 5.81. The number of halogens is 1. The summed E-state index contributed by atoms with van der Waals surface area (Å²) < 4.78 is 18.7. The molecule has 0 amide bonds. The smallest absolute Gasteiger partial charge is 0.338 e. The first-order valence-electron chi connectivity index (χ1n) is 5.81. The molecule has 6 heteroatoms. The summed E-state index contributed by atoms with van der Waals surface area (Å²) in [6, 6.07) is 2.17. The summed E-state index contributed by atoms with van der Waals surface area (Å²) in [5.41, 5.74) is 5.75. The van der Waals surface area contributed by atoms with E-state index in [1.807, 2.05) is 0 Å². The van der Waals surface area contributed by atoms with E-state index in [0.717, 1.165) is 18.6 Å². The van der Waals surface area contributed by atoms with Crippen LogP contribution in [0.25, 0.3) is 0 Å². The Balaban J connectivity index is 2.53. The van der Waals surface area contributed by atoms with E-state index in [1.165, 1.54) is 0 Å². The van der Waals surface area contributed by atoms with Crippen LogP contribution in [0.15, 0.2) is 24.8 Å². The average molecular weight is 268 g/mol. The molecule has 0 spiro atoms. The minimum absolute atomic E-state index is 0.185. The van der Waals surface area contributed by atoms with Crippen LogP contribution in [-0.2, 0) is 4.74 Å². The molecule has 19 heavy (non-hydrogen) atoms. The van der Waals surface area contributed by atoms with Crippen LogP contribution in [0, 0.1) is 5.82 Å². The van der Waals surface area contributed by atoms with E-state index in [1.54, 1.807) is 6.08 Å². The third-order valence-corrected chi connectivity index (χ3v) is 2.40. The van der Waals surface area contributed by atoms with Gasteiger partial charge in [-0.3, -0.25) is 0 Å². The summed E-state index contributed by atoms with van der Waals surface area (Å²) in [6.07, 6.45) is 2.52. The second-order valence-electron chi connectivity index (χ2n) is 3.84. The zero-order valence-corrected chi connectivity index (χ0v) is 10.5. The molecule has 0 radical (unpaired) electrons. The van der Waals surface area contributed by atoms with Crippen LogP contribution >= 0.6 is 0 Å². The molecule has 0 saturated carbocycles. The molecular formula is C13H17FN2O3. The number of ether oxygens (including phenoxy) is 1. The fraction of sp³-hybridized carbons (Fsp3) is 0.308. The normalized spacial score (nSPS) is 10.2. The summed E-state index contributed by atoms with van der Waals surface area (Å²) in [6.45, 7) is 5.04. The van der Waals surface area contributed by atoms with Crippen LogP contribution in [0.1, 0.15) is 16.8 Å². The third kappa shape index (κ3) is 4.59. The molecule has 0 bridgehead atoms. The van der Waals surface area contributed by atoms with Gasteiger partial charge in [-0.15, -0.1) is 6.58 Å². The van der Waals surface area contributed by atoms with Gasteiger partial charge in [-0.05, 0) is 18.6 Å². The minimum Gasteiger partial charge on any atom is -0.478 e.